The summed E-state index contributed by atoms with van der Waals surface area (Å²) in [6.07, 6.45) is 0. The van der Waals surface area contributed by atoms with Gasteiger partial charge in [-0.2, -0.15) is 0 Å². The number of halogens is 2. The van der Waals surface area contributed by atoms with E-state index in [0.29, 0.717) is 0 Å². The summed E-state index contributed by atoms with van der Waals surface area (Å²) in [5.41, 5.74) is 5.83. The number of anilines is 1. The van der Waals surface area contributed by atoms with E-state index in [-0.39, 0.29) is 21.6 Å². The first-order chi connectivity index (χ1) is 6.06. The van der Waals surface area contributed by atoms with E-state index >= 15 is 0 Å². The molecule has 13 heavy (non-hydrogen) atoms. The van der Waals surface area contributed by atoms with E-state index < -0.39 is 5.82 Å². The van der Waals surface area contributed by atoms with Crippen LogP contribution in [-0.4, -0.2) is 13.0 Å². The quantitative estimate of drug-likeness (QED) is 0.739. The fourth-order valence-corrected chi connectivity index (χ4v) is 1.24. The van der Waals surface area contributed by atoms with Crippen molar-refractivity contribution in [2.24, 2.45) is 0 Å². The van der Waals surface area contributed by atoms with Gasteiger partial charge in [0, 0.05) is 12.7 Å². The van der Waals surface area contributed by atoms with Crippen LogP contribution in [0.25, 0.3) is 0 Å². The molecule has 1 aromatic carbocycles. The van der Waals surface area contributed by atoms with E-state index in [4.69, 9.17) is 5.73 Å². The van der Waals surface area contributed by atoms with Gasteiger partial charge in [-0.1, -0.05) is 0 Å². The molecule has 0 saturated carbocycles. The predicted octanol–water partition coefficient (Wildman–Crippen LogP) is 1.53. The zero-order valence-electron chi connectivity index (χ0n) is 6.90. The molecule has 5 heteroatoms. The highest BCUT2D eigenvalue weighted by molar-refractivity contribution is 9.10. The molecular weight excluding hydrogens is 239 g/mol. The molecule has 0 aliphatic carbocycles. The molecule has 1 rings (SSSR count). The Labute approximate surface area is 83.2 Å². The van der Waals surface area contributed by atoms with E-state index in [1.54, 1.807) is 0 Å². The third-order valence-corrected chi connectivity index (χ3v) is 2.17. The lowest BCUT2D eigenvalue weighted by molar-refractivity contribution is 0.0964. The Hall–Kier alpha value is -1.10. The maximum atomic E-state index is 12.9. The molecule has 0 saturated heterocycles. The van der Waals surface area contributed by atoms with E-state index in [9.17, 15) is 9.18 Å². The van der Waals surface area contributed by atoms with Crippen molar-refractivity contribution >= 4 is 27.5 Å². The van der Waals surface area contributed by atoms with Crippen molar-refractivity contribution in [2.75, 3.05) is 12.8 Å². The molecule has 0 fully saturated rings. The first-order valence-electron chi connectivity index (χ1n) is 3.53. The highest BCUT2D eigenvalue weighted by Crippen LogP contribution is 2.22. The van der Waals surface area contributed by atoms with Crippen LogP contribution in [0.15, 0.2) is 16.6 Å². The molecule has 0 spiro atoms. The molecule has 0 aliphatic heterocycles. The second kappa shape index (κ2) is 3.74. The van der Waals surface area contributed by atoms with Crippen molar-refractivity contribution in [3.8, 4) is 0 Å². The van der Waals surface area contributed by atoms with Crippen LogP contribution in [0.2, 0.25) is 0 Å². The minimum atomic E-state index is -0.481. The largest absolute Gasteiger partial charge is 0.398 e. The van der Waals surface area contributed by atoms with Crippen LogP contribution in [0.4, 0.5) is 10.1 Å². The summed E-state index contributed by atoms with van der Waals surface area (Å²) >= 11 is 2.97. The zero-order chi connectivity index (χ0) is 10.0. The van der Waals surface area contributed by atoms with Gasteiger partial charge in [0.25, 0.3) is 5.91 Å². The van der Waals surface area contributed by atoms with Crippen molar-refractivity contribution in [3.63, 3.8) is 0 Å². The Morgan fingerprint density at radius 1 is 1.62 bits per heavy atom. The summed E-state index contributed by atoms with van der Waals surface area (Å²) < 4.78 is 13.1. The zero-order valence-corrected chi connectivity index (χ0v) is 8.48. The van der Waals surface area contributed by atoms with Crippen LogP contribution in [0, 0.1) is 5.82 Å². The molecular formula is C8H8BrFN2O. The van der Waals surface area contributed by atoms with Crippen LogP contribution in [0.1, 0.15) is 10.4 Å². The average Bonchev–Trinajstić information content (AvgIpc) is 2.10. The van der Waals surface area contributed by atoms with Crippen LogP contribution in [0.5, 0.6) is 0 Å². The minimum absolute atomic E-state index is 0.125. The molecule has 0 aliphatic rings. The number of carbonyl (C=O) groups is 1. The number of hydrogen-bond acceptors (Lipinski definition) is 2. The molecule has 0 atom stereocenters. The highest BCUT2D eigenvalue weighted by Gasteiger charge is 2.11. The number of benzene rings is 1. The first kappa shape index (κ1) is 9.98. The maximum Gasteiger partial charge on any atom is 0.253 e. The Balaban J connectivity index is 3.23. The molecule has 3 N–H and O–H groups in total. The van der Waals surface area contributed by atoms with Gasteiger partial charge in [0.05, 0.1) is 10.0 Å². The van der Waals surface area contributed by atoms with Gasteiger partial charge >= 0.3 is 0 Å². The lowest BCUT2D eigenvalue weighted by Gasteiger charge is -2.05. The number of nitrogens with one attached hydrogen (secondary N) is 1. The molecule has 0 radical (unpaired) electrons. The van der Waals surface area contributed by atoms with Gasteiger partial charge in [-0.15, -0.1) is 0 Å². The normalized spacial score (nSPS) is 9.77. The standard InChI is InChI=1S/C8H8BrFN2O/c1-12-8(13)4-2-5(9)6(10)3-7(4)11/h2-3H,11H2,1H3,(H,12,13). The fourth-order valence-electron chi connectivity index (χ4n) is 0.894. The number of nitrogen functional groups attached to an aromatic ring is 1. The SMILES string of the molecule is CNC(=O)c1cc(Br)c(F)cc1N. The van der Waals surface area contributed by atoms with Gasteiger partial charge in [0.2, 0.25) is 0 Å². The third-order valence-electron chi connectivity index (χ3n) is 1.56. The number of amides is 1. The van der Waals surface area contributed by atoms with Gasteiger partial charge < -0.3 is 11.1 Å². The number of carbonyl (C=O) groups excluding carboxylic acids is 1. The Morgan fingerprint density at radius 2 is 2.23 bits per heavy atom. The van der Waals surface area contributed by atoms with Crippen molar-refractivity contribution in [1.29, 1.82) is 0 Å². The Kier molecular flexibility index (Phi) is 2.87. The monoisotopic (exact) mass is 246 g/mol. The smallest absolute Gasteiger partial charge is 0.253 e. The average molecular weight is 247 g/mol. The summed E-state index contributed by atoms with van der Waals surface area (Å²) in [6.45, 7) is 0. The van der Waals surface area contributed by atoms with Crippen molar-refractivity contribution < 1.29 is 9.18 Å². The second-order valence-electron chi connectivity index (χ2n) is 2.43. The van der Waals surface area contributed by atoms with Crippen LogP contribution in [-0.2, 0) is 0 Å². The van der Waals surface area contributed by atoms with Crippen molar-refractivity contribution in [2.45, 2.75) is 0 Å². The molecule has 3 nitrogen and oxygen atoms in total. The van der Waals surface area contributed by atoms with Gasteiger partial charge in [0.1, 0.15) is 5.82 Å². The van der Waals surface area contributed by atoms with Crippen LogP contribution < -0.4 is 11.1 Å². The molecule has 70 valence electrons. The van der Waals surface area contributed by atoms with Gasteiger partial charge in [-0.05, 0) is 28.1 Å². The van der Waals surface area contributed by atoms with Crippen LogP contribution >= 0.6 is 15.9 Å². The molecule has 0 unspecified atom stereocenters. The summed E-state index contributed by atoms with van der Waals surface area (Å²) in [5, 5.41) is 2.41. The topological polar surface area (TPSA) is 55.1 Å². The summed E-state index contributed by atoms with van der Waals surface area (Å²) in [4.78, 5) is 11.2. The van der Waals surface area contributed by atoms with Gasteiger partial charge in [0.15, 0.2) is 0 Å². The molecule has 0 bridgehead atoms. The molecule has 1 aromatic rings. The fraction of sp³-hybridized carbons (Fsp3) is 0.125. The number of nitrogens with two attached hydrogens (primary N) is 1. The first-order valence-corrected chi connectivity index (χ1v) is 4.32. The van der Waals surface area contributed by atoms with Crippen LogP contribution in [0.3, 0.4) is 0 Å². The number of rotatable bonds is 1. The Bertz CT molecular complexity index is 354. The Morgan fingerprint density at radius 3 is 2.77 bits per heavy atom. The summed E-state index contributed by atoms with van der Waals surface area (Å²) in [7, 11) is 1.49. The molecule has 1 amide bonds. The highest BCUT2D eigenvalue weighted by atomic mass is 79.9. The lowest BCUT2D eigenvalue weighted by atomic mass is 10.1. The summed E-state index contributed by atoms with van der Waals surface area (Å²) in [5.74, 6) is -0.816. The number of hydrogen-bond donors (Lipinski definition) is 2. The predicted molar refractivity (Wildman–Crippen MR) is 51.9 cm³/mol. The van der Waals surface area contributed by atoms with E-state index in [2.05, 4.69) is 21.2 Å². The van der Waals surface area contributed by atoms with E-state index in [1.165, 1.54) is 13.1 Å². The van der Waals surface area contributed by atoms with E-state index in [0.717, 1.165) is 6.07 Å². The minimum Gasteiger partial charge on any atom is -0.398 e. The maximum absolute atomic E-state index is 12.9. The lowest BCUT2D eigenvalue weighted by Crippen LogP contribution is -2.19. The molecule has 0 heterocycles. The molecule has 0 aromatic heterocycles. The van der Waals surface area contributed by atoms with Gasteiger partial charge in [-0.3, -0.25) is 4.79 Å². The van der Waals surface area contributed by atoms with E-state index in [1.807, 2.05) is 0 Å². The summed E-state index contributed by atoms with van der Waals surface area (Å²) in [6, 6.07) is 2.46. The van der Waals surface area contributed by atoms with Gasteiger partial charge in [-0.25, -0.2) is 4.39 Å². The third kappa shape index (κ3) is 1.98. The van der Waals surface area contributed by atoms with Crippen molar-refractivity contribution in [3.05, 3.63) is 28.0 Å². The second-order valence-corrected chi connectivity index (χ2v) is 3.29. The van der Waals surface area contributed by atoms with Crippen molar-refractivity contribution in [1.82, 2.24) is 5.32 Å².